The number of benzene rings is 1. The van der Waals surface area contributed by atoms with E-state index in [0.29, 0.717) is 31.7 Å². The lowest BCUT2D eigenvalue weighted by molar-refractivity contribution is -0.134. The fourth-order valence-electron chi connectivity index (χ4n) is 5.47. The molecule has 3 aliphatic heterocycles. The summed E-state index contributed by atoms with van der Waals surface area (Å²) >= 11 is 0. The molecule has 0 radical (unpaired) electrons. The number of nitrogens with one attached hydrogen (secondary N) is 1. The molecule has 4 rings (SSSR count). The number of amides is 2. The van der Waals surface area contributed by atoms with Gasteiger partial charge in [0.25, 0.3) is 0 Å². The van der Waals surface area contributed by atoms with Gasteiger partial charge >= 0.3 is 6.09 Å². The summed E-state index contributed by atoms with van der Waals surface area (Å²) in [7, 11) is 0. The Morgan fingerprint density at radius 1 is 1.16 bits per heavy atom. The summed E-state index contributed by atoms with van der Waals surface area (Å²) in [4.78, 5) is 28.7. The first-order chi connectivity index (χ1) is 17.9. The third-order valence-electron chi connectivity index (χ3n) is 7.38. The molecule has 1 aromatic carbocycles. The predicted octanol–water partition coefficient (Wildman–Crippen LogP) is 2.93. The van der Waals surface area contributed by atoms with Crippen LogP contribution in [0.15, 0.2) is 34.5 Å². The highest BCUT2D eigenvalue weighted by molar-refractivity contribution is 6.10. The molecular formula is C26H32N8O3. The molecule has 0 aliphatic carbocycles. The zero-order valence-electron chi connectivity index (χ0n) is 21.0. The van der Waals surface area contributed by atoms with Crippen molar-refractivity contribution in [3.63, 3.8) is 0 Å². The van der Waals surface area contributed by atoms with E-state index in [1.165, 1.54) is 11.3 Å². The molecular weight excluding hydrogens is 472 g/mol. The maximum Gasteiger partial charge on any atom is 0.407 e. The van der Waals surface area contributed by atoms with Crippen LogP contribution in [0, 0.1) is 34.5 Å². The van der Waals surface area contributed by atoms with Crippen molar-refractivity contribution in [1.82, 2.24) is 14.8 Å². The van der Waals surface area contributed by atoms with Gasteiger partial charge < -0.3 is 10.0 Å². The van der Waals surface area contributed by atoms with E-state index in [9.17, 15) is 14.7 Å². The number of likely N-dealkylation sites (tertiary alicyclic amines) is 2. The lowest BCUT2D eigenvalue weighted by atomic mass is 9.88. The van der Waals surface area contributed by atoms with E-state index in [2.05, 4.69) is 15.4 Å². The molecule has 194 valence electrons. The van der Waals surface area contributed by atoms with Gasteiger partial charge in [0, 0.05) is 37.4 Å². The zero-order valence-corrected chi connectivity index (χ0v) is 21.0. The van der Waals surface area contributed by atoms with Gasteiger partial charge in [-0.15, -0.1) is 0 Å². The van der Waals surface area contributed by atoms with E-state index in [1.54, 1.807) is 29.3 Å². The Balaban J connectivity index is 1.53. The number of carboxylic acid groups (broad SMARTS) is 1. The van der Waals surface area contributed by atoms with Crippen LogP contribution >= 0.6 is 0 Å². The number of piperidine rings is 2. The van der Waals surface area contributed by atoms with Crippen LogP contribution in [0.25, 0.3) is 0 Å². The second kappa shape index (κ2) is 11.8. The van der Waals surface area contributed by atoms with Crippen molar-refractivity contribution in [3.05, 3.63) is 29.8 Å². The molecule has 0 saturated carbocycles. The second-order valence-electron chi connectivity index (χ2n) is 9.88. The summed E-state index contributed by atoms with van der Waals surface area (Å²) in [6, 6.07) is 10.9. The van der Waals surface area contributed by atoms with Crippen molar-refractivity contribution >= 4 is 29.1 Å². The highest BCUT2D eigenvalue weighted by atomic mass is 16.4. The average Bonchev–Trinajstić information content (AvgIpc) is 2.91. The molecule has 2 fully saturated rings. The SMILES string of the molecule is CC1CC(=O)N(C[C@H]2CN(C(=O)O)CCC2N2CCCCC2)N=C1c1ccc(NN=C(C#N)C#N)cc1. The summed E-state index contributed by atoms with van der Waals surface area (Å²) in [5.74, 6) is -0.123. The van der Waals surface area contributed by atoms with Gasteiger partial charge in [-0.3, -0.25) is 15.1 Å². The van der Waals surface area contributed by atoms with Crippen LogP contribution in [0.5, 0.6) is 0 Å². The van der Waals surface area contributed by atoms with Crippen molar-refractivity contribution in [3.8, 4) is 12.1 Å². The molecule has 11 nitrogen and oxygen atoms in total. The van der Waals surface area contributed by atoms with Gasteiger partial charge in [-0.05, 0) is 50.0 Å². The number of carbonyl (C=O) groups is 2. The van der Waals surface area contributed by atoms with Crippen molar-refractivity contribution in [1.29, 1.82) is 10.5 Å². The standard InChI is InChI=1S/C26H32N8O3/c1-18-13-24(35)34(31-25(18)19-5-7-21(8-6-19)29-30-22(14-27)15-28)17-20-16-33(26(36)37)12-9-23(20)32-10-3-2-4-11-32/h5-8,18,20,23,29H,2-4,9-13,16-17H2,1H3,(H,36,37)/t18?,20-,23?/m1/s1. The fraction of sp³-hybridized carbons (Fsp3) is 0.538. The summed E-state index contributed by atoms with van der Waals surface area (Å²) in [6.45, 7) is 5.31. The lowest BCUT2D eigenvalue weighted by Crippen LogP contribution is -2.56. The summed E-state index contributed by atoms with van der Waals surface area (Å²) in [5.41, 5.74) is 4.70. The molecule has 3 aliphatic rings. The van der Waals surface area contributed by atoms with Crippen LogP contribution in [0.2, 0.25) is 0 Å². The topological polar surface area (TPSA) is 148 Å². The van der Waals surface area contributed by atoms with Crippen LogP contribution in [0.3, 0.4) is 0 Å². The molecule has 0 bridgehead atoms. The highest BCUT2D eigenvalue weighted by Gasteiger charge is 2.38. The maximum atomic E-state index is 13.0. The van der Waals surface area contributed by atoms with Crippen LogP contribution in [0.4, 0.5) is 10.5 Å². The molecule has 3 atom stereocenters. The maximum absolute atomic E-state index is 13.0. The van der Waals surface area contributed by atoms with Gasteiger partial charge in [0.15, 0.2) is 0 Å². The molecule has 37 heavy (non-hydrogen) atoms. The smallest absolute Gasteiger partial charge is 0.407 e. The second-order valence-corrected chi connectivity index (χ2v) is 9.88. The van der Waals surface area contributed by atoms with Gasteiger partial charge in [-0.1, -0.05) is 25.5 Å². The van der Waals surface area contributed by atoms with E-state index in [4.69, 9.17) is 15.6 Å². The van der Waals surface area contributed by atoms with Crippen molar-refractivity contribution in [2.45, 2.75) is 45.1 Å². The molecule has 1 aromatic rings. The van der Waals surface area contributed by atoms with Crippen LogP contribution < -0.4 is 5.43 Å². The number of nitriles is 2. The molecule has 2 saturated heterocycles. The molecule has 2 amide bonds. The number of rotatable bonds is 6. The quantitative estimate of drug-likeness (QED) is 0.447. The largest absolute Gasteiger partial charge is 0.465 e. The van der Waals surface area contributed by atoms with E-state index < -0.39 is 6.09 Å². The third-order valence-corrected chi connectivity index (χ3v) is 7.38. The Morgan fingerprint density at radius 3 is 2.51 bits per heavy atom. The number of hydrogen-bond acceptors (Lipinski definition) is 8. The molecule has 2 unspecified atom stereocenters. The summed E-state index contributed by atoms with van der Waals surface area (Å²) in [5, 5.41) is 37.3. The minimum Gasteiger partial charge on any atom is -0.465 e. The van der Waals surface area contributed by atoms with E-state index in [1.807, 2.05) is 19.1 Å². The monoisotopic (exact) mass is 504 g/mol. The molecule has 2 N–H and O–H groups in total. The van der Waals surface area contributed by atoms with Gasteiger partial charge in [0.1, 0.15) is 12.1 Å². The van der Waals surface area contributed by atoms with Crippen LogP contribution in [0.1, 0.15) is 44.6 Å². The first-order valence-electron chi connectivity index (χ1n) is 12.7. The molecule has 0 aromatic heterocycles. The molecule has 0 spiro atoms. The third kappa shape index (κ3) is 6.25. The number of hydrogen-bond donors (Lipinski definition) is 2. The van der Waals surface area contributed by atoms with Crippen LogP contribution in [-0.2, 0) is 4.79 Å². The Labute approximate surface area is 216 Å². The number of anilines is 1. The fourth-order valence-corrected chi connectivity index (χ4v) is 5.47. The number of carbonyl (C=O) groups excluding carboxylic acids is 1. The zero-order chi connectivity index (χ0) is 26.4. The average molecular weight is 505 g/mol. The van der Waals surface area contributed by atoms with Crippen molar-refractivity contribution in [2.75, 3.05) is 38.1 Å². The van der Waals surface area contributed by atoms with Gasteiger partial charge in [0.05, 0.1) is 17.9 Å². The predicted molar refractivity (Wildman–Crippen MR) is 138 cm³/mol. The van der Waals surface area contributed by atoms with Gasteiger partial charge in [0.2, 0.25) is 11.6 Å². The van der Waals surface area contributed by atoms with E-state index >= 15 is 0 Å². The molecule has 11 heteroatoms. The van der Waals surface area contributed by atoms with Crippen molar-refractivity contribution in [2.24, 2.45) is 22.0 Å². The van der Waals surface area contributed by atoms with Gasteiger partial charge in [-0.2, -0.15) is 20.7 Å². The number of nitrogens with zero attached hydrogens (tertiary/aromatic N) is 7. The molecule has 3 heterocycles. The Bertz CT molecular complexity index is 1130. The highest BCUT2D eigenvalue weighted by Crippen LogP contribution is 2.29. The van der Waals surface area contributed by atoms with E-state index in [0.717, 1.165) is 43.6 Å². The van der Waals surface area contributed by atoms with Crippen LogP contribution in [-0.4, -0.2) is 82.1 Å². The first-order valence-corrected chi connectivity index (χ1v) is 12.7. The minimum atomic E-state index is -0.917. The first kappa shape index (κ1) is 26.1. The normalized spacial score (nSPS) is 24.5. The van der Waals surface area contributed by atoms with Crippen molar-refractivity contribution < 1.29 is 14.7 Å². The summed E-state index contributed by atoms with van der Waals surface area (Å²) < 4.78 is 0. The Hall–Kier alpha value is -3.96. The van der Waals surface area contributed by atoms with E-state index in [-0.39, 0.29) is 29.5 Å². The lowest BCUT2D eigenvalue weighted by Gasteiger charge is -2.45. The summed E-state index contributed by atoms with van der Waals surface area (Å²) in [6.07, 6.45) is 3.71. The Kier molecular flexibility index (Phi) is 8.36. The number of hydrazone groups is 2. The van der Waals surface area contributed by atoms with Gasteiger partial charge in [-0.25, -0.2) is 9.80 Å². The Morgan fingerprint density at radius 2 is 1.86 bits per heavy atom. The minimum absolute atomic E-state index is 0.00999.